The van der Waals surface area contributed by atoms with Gasteiger partial charge in [0.15, 0.2) is 0 Å². The van der Waals surface area contributed by atoms with Gasteiger partial charge in [0.1, 0.15) is 0 Å². The lowest BCUT2D eigenvalue weighted by Crippen LogP contribution is -2.09. The number of hydrogen-bond acceptors (Lipinski definition) is 1. The molecule has 17 heavy (non-hydrogen) atoms. The van der Waals surface area contributed by atoms with Crippen molar-refractivity contribution in [3.05, 3.63) is 78.0 Å². The molecule has 2 aromatic carbocycles. The second-order valence-corrected chi connectivity index (χ2v) is 3.93. The second-order valence-electron chi connectivity index (χ2n) is 3.93. The van der Waals surface area contributed by atoms with Crippen LogP contribution in [0.4, 0.5) is 0 Å². The molecule has 0 aliphatic carbocycles. The van der Waals surface area contributed by atoms with E-state index in [4.69, 9.17) is 0 Å². The Balaban J connectivity index is 1.72. The predicted octanol–water partition coefficient (Wildman–Crippen LogP) is 3.49. The van der Waals surface area contributed by atoms with Crippen molar-refractivity contribution in [3.63, 3.8) is 0 Å². The van der Waals surface area contributed by atoms with E-state index in [9.17, 15) is 0 Å². The molecule has 86 valence electrons. The van der Waals surface area contributed by atoms with Gasteiger partial charge in [0.05, 0.1) is 0 Å². The number of rotatable bonds is 5. The second kappa shape index (κ2) is 6.54. The Kier molecular flexibility index (Phi) is 4.41. The highest BCUT2D eigenvalue weighted by Crippen LogP contribution is 2.00. The number of hydrogen-bond donors (Lipinski definition) is 1. The molecule has 0 saturated heterocycles. The molecule has 0 aliphatic heterocycles. The van der Waals surface area contributed by atoms with Gasteiger partial charge in [-0.3, -0.25) is 0 Å². The van der Waals surface area contributed by atoms with Crippen molar-refractivity contribution in [2.24, 2.45) is 0 Å². The molecule has 2 aromatic rings. The molecule has 1 nitrogen and oxygen atoms in total. The summed E-state index contributed by atoms with van der Waals surface area (Å²) in [5, 5.41) is 3.30. The summed E-state index contributed by atoms with van der Waals surface area (Å²) in [7, 11) is 0. The minimum absolute atomic E-state index is 0.966. The Bertz CT molecular complexity index is 445. The standard InChI is InChI=1S/C16H17N/c1-3-7-15(8-4-1)11-13-17-14-12-16-9-5-2-6-10-16/h1-11,13,17H,12,14H2. The summed E-state index contributed by atoms with van der Waals surface area (Å²) in [6.07, 6.45) is 5.16. The fourth-order valence-corrected chi connectivity index (χ4v) is 1.66. The summed E-state index contributed by atoms with van der Waals surface area (Å²) in [5.74, 6) is 0. The van der Waals surface area contributed by atoms with Crippen LogP contribution in [0.15, 0.2) is 66.9 Å². The van der Waals surface area contributed by atoms with E-state index in [2.05, 4.69) is 47.8 Å². The lowest BCUT2D eigenvalue weighted by atomic mass is 10.1. The minimum Gasteiger partial charge on any atom is -0.391 e. The monoisotopic (exact) mass is 223 g/mol. The van der Waals surface area contributed by atoms with Crippen LogP contribution in [0.25, 0.3) is 6.08 Å². The van der Waals surface area contributed by atoms with Gasteiger partial charge in [0, 0.05) is 6.54 Å². The smallest absolute Gasteiger partial charge is 0.0181 e. The third-order valence-corrected chi connectivity index (χ3v) is 2.59. The van der Waals surface area contributed by atoms with Crippen LogP contribution < -0.4 is 5.32 Å². The molecule has 0 aromatic heterocycles. The summed E-state index contributed by atoms with van der Waals surface area (Å²) >= 11 is 0. The Morgan fingerprint density at radius 1 is 0.824 bits per heavy atom. The van der Waals surface area contributed by atoms with Gasteiger partial charge in [-0.1, -0.05) is 60.7 Å². The quantitative estimate of drug-likeness (QED) is 0.765. The molecule has 1 heteroatoms. The molecule has 1 N–H and O–H groups in total. The van der Waals surface area contributed by atoms with Crippen LogP contribution >= 0.6 is 0 Å². The fourth-order valence-electron chi connectivity index (χ4n) is 1.66. The van der Waals surface area contributed by atoms with Crippen LogP contribution in [-0.4, -0.2) is 6.54 Å². The van der Waals surface area contributed by atoms with E-state index < -0.39 is 0 Å². The van der Waals surface area contributed by atoms with Crippen molar-refractivity contribution in [1.82, 2.24) is 5.32 Å². The summed E-state index contributed by atoms with van der Waals surface area (Å²) in [6, 6.07) is 20.8. The van der Waals surface area contributed by atoms with Crippen molar-refractivity contribution >= 4 is 6.08 Å². The van der Waals surface area contributed by atoms with Gasteiger partial charge < -0.3 is 5.32 Å². The largest absolute Gasteiger partial charge is 0.391 e. The highest BCUT2D eigenvalue weighted by atomic mass is 14.8. The maximum Gasteiger partial charge on any atom is 0.0181 e. The first kappa shape index (κ1) is 11.5. The van der Waals surface area contributed by atoms with Crippen molar-refractivity contribution in [2.75, 3.05) is 6.54 Å². The van der Waals surface area contributed by atoms with E-state index in [-0.39, 0.29) is 0 Å². The van der Waals surface area contributed by atoms with Gasteiger partial charge in [-0.05, 0) is 29.8 Å². The third-order valence-electron chi connectivity index (χ3n) is 2.59. The lowest BCUT2D eigenvalue weighted by molar-refractivity contribution is 0.835. The first-order valence-corrected chi connectivity index (χ1v) is 5.94. The van der Waals surface area contributed by atoms with E-state index in [0.717, 1.165) is 13.0 Å². The first-order valence-electron chi connectivity index (χ1n) is 5.94. The number of nitrogens with one attached hydrogen (secondary N) is 1. The van der Waals surface area contributed by atoms with Crippen molar-refractivity contribution in [1.29, 1.82) is 0 Å². The summed E-state index contributed by atoms with van der Waals surface area (Å²) in [5.41, 5.74) is 2.59. The number of benzene rings is 2. The molecular weight excluding hydrogens is 206 g/mol. The Morgan fingerprint density at radius 2 is 1.47 bits per heavy atom. The Morgan fingerprint density at radius 3 is 2.18 bits per heavy atom. The Hall–Kier alpha value is -2.02. The van der Waals surface area contributed by atoms with Crippen LogP contribution in [0.2, 0.25) is 0 Å². The molecule has 0 saturated carbocycles. The minimum atomic E-state index is 0.966. The molecular formula is C16H17N. The van der Waals surface area contributed by atoms with Crippen molar-refractivity contribution in [2.45, 2.75) is 6.42 Å². The van der Waals surface area contributed by atoms with Crippen LogP contribution in [0.1, 0.15) is 11.1 Å². The maximum absolute atomic E-state index is 3.30. The fraction of sp³-hybridized carbons (Fsp3) is 0.125. The summed E-state index contributed by atoms with van der Waals surface area (Å²) in [4.78, 5) is 0. The Labute approximate surface area is 103 Å². The summed E-state index contributed by atoms with van der Waals surface area (Å²) in [6.45, 7) is 0.966. The van der Waals surface area contributed by atoms with Crippen LogP contribution in [0.3, 0.4) is 0 Å². The van der Waals surface area contributed by atoms with E-state index in [1.54, 1.807) is 0 Å². The molecule has 0 radical (unpaired) electrons. The van der Waals surface area contributed by atoms with Gasteiger partial charge in [0.2, 0.25) is 0 Å². The van der Waals surface area contributed by atoms with Crippen LogP contribution in [0.5, 0.6) is 0 Å². The lowest BCUT2D eigenvalue weighted by Gasteiger charge is -2.01. The normalized spacial score (nSPS) is 10.6. The zero-order valence-corrected chi connectivity index (χ0v) is 9.84. The molecule has 0 unspecified atom stereocenters. The van der Waals surface area contributed by atoms with E-state index in [1.807, 2.05) is 30.5 Å². The van der Waals surface area contributed by atoms with Crippen LogP contribution in [-0.2, 0) is 6.42 Å². The highest BCUT2D eigenvalue weighted by Gasteiger charge is 1.88. The molecule has 2 rings (SSSR count). The van der Waals surface area contributed by atoms with Gasteiger partial charge in [-0.2, -0.15) is 0 Å². The first-order chi connectivity index (χ1) is 8.45. The summed E-state index contributed by atoms with van der Waals surface area (Å²) < 4.78 is 0. The molecule has 0 bridgehead atoms. The van der Waals surface area contributed by atoms with E-state index in [0.29, 0.717) is 0 Å². The maximum atomic E-state index is 3.30. The zero-order valence-electron chi connectivity index (χ0n) is 9.84. The molecule has 0 heterocycles. The van der Waals surface area contributed by atoms with Gasteiger partial charge in [-0.15, -0.1) is 0 Å². The van der Waals surface area contributed by atoms with E-state index in [1.165, 1.54) is 11.1 Å². The van der Waals surface area contributed by atoms with Gasteiger partial charge >= 0.3 is 0 Å². The molecule has 0 amide bonds. The average molecular weight is 223 g/mol. The third kappa shape index (κ3) is 4.15. The molecule has 0 aliphatic rings. The molecule has 0 atom stereocenters. The van der Waals surface area contributed by atoms with Crippen LogP contribution in [0, 0.1) is 0 Å². The zero-order chi connectivity index (χ0) is 11.8. The van der Waals surface area contributed by atoms with Crippen molar-refractivity contribution < 1.29 is 0 Å². The SMILES string of the molecule is C(=Cc1ccccc1)NCCc1ccccc1. The topological polar surface area (TPSA) is 12.0 Å². The highest BCUT2D eigenvalue weighted by molar-refractivity contribution is 5.48. The van der Waals surface area contributed by atoms with E-state index >= 15 is 0 Å². The van der Waals surface area contributed by atoms with Crippen molar-refractivity contribution in [3.8, 4) is 0 Å². The van der Waals surface area contributed by atoms with Gasteiger partial charge in [0.25, 0.3) is 0 Å². The molecule has 0 spiro atoms. The van der Waals surface area contributed by atoms with Gasteiger partial charge in [-0.25, -0.2) is 0 Å². The predicted molar refractivity (Wildman–Crippen MR) is 73.6 cm³/mol. The molecule has 0 fully saturated rings. The average Bonchev–Trinajstić information content (AvgIpc) is 2.41.